The van der Waals surface area contributed by atoms with E-state index in [9.17, 15) is 4.79 Å². The van der Waals surface area contributed by atoms with Crippen molar-refractivity contribution in [2.75, 3.05) is 25.3 Å². The standard InChI is InChI=1S/C23H25N5O4/c29-22-20-21(25-15-24-20)27-23(28-22)26-16-32-19(13-30-11-17-7-3-1-4-8-17)14-31-12-18-9-5-2-6-10-18/h1-10,15,19H,11-14,16H2,(H3,24,25,26,27,28,29). The second-order valence-electron chi connectivity index (χ2n) is 7.13. The Balaban J connectivity index is 1.29. The summed E-state index contributed by atoms with van der Waals surface area (Å²) < 4.78 is 17.6. The zero-order chi connectivity index (χ0) is 22.0. The smallest absolute Gasteiger partial charge is 0.278 e. The largest absolute Gasteiger partial charge is 0.374 e. The molecule has 0 radical (unpaired) electrons. The SMILES string of the molecule is O=c1[nH]c(NCOC(COCc2ccccc2)COCc2ccccc2)nc2nc[nH]c12. The minimum absolute atomic E-state index is 0.118. The van der Waals surface area contributed by atoms with Crippen molar-refractivity contribution in [2.45, 2.75) is 19.3 Å². The van der Waals surface area contributed by atoms with E-state index >= 15 is 0 Å². The molecular weight excluding hydrogens is 410 g/mol. The number of imidazole rings is 1. The molecule has 0 spiro atoms. The van der Waals surface area contributed by atoms with Gasteiger partial charge >= 0.3 is 0 Å². The van der Waals surface area contributed by atoms with E-state index in [1.165, 1.54) is 6.33 Å². The van der Waals surface area contributed by atoms with E-state index in [4.69, 9.17) is 14.2 Å². The Morgan fingerprint density at radius 1 is 0.906 bits per heavy atom. The first-order valence-electron chi connectivity index (χ1n) is 10.3. The van der Waals surface area contributed by atoms with Gasteiger partial charge in [0.25, 0.3) is 5.56 Å². The molecule has 0 fully saturated rings. The average molecular weight is 435 g/mol. The highest BCUT2D eigenvalue weighted by molar-refractivity contribution is 5.69. The molecule has 0 unspecified atom stereocenters. The van der Waals surface area contributed by atoms with E-state index in [-0.39, 0.29) is 24.3 Å². The monoisotopic (exact) mass is 435 g/mol. The van der Waals surface area contributed by atoms with Crippen LogP contribution in [0.5, 0.6) is 0 Å². The van der Waals surface area contributed by atoms with Crippen molar-refractivity contribution < 1.29 is 14.2 Å². The van der Waals surface area contributed by atoms with Crippen molar-refractivity contribution in [3.63, 3.8) is 0 Å². The van der Waals surface area contributed by atoms with Gasteiger partial charge in [-0.05, 0) is 11.1 Å². The predicted octanol–water partition coefficient (Wildman–Crippen LogP) is 2.83. The Hall–Kier alpha value is -3.53. The summed E-state index contributed by atoms with van der Waals surface area (Å²) in [5, 5.41) is 2.96. The van der Waals surface area contributed by atoms with Gasteiger partial charge in [0.2, 0.25) is 5.95 Å². The molecule has 166 valence electrons. The lowest BCUT2D eigenvalue weighted by molar-refractivity contribution is -0.0617. The lowest BCUT2D eigenvalue weighted by atomic mass is 10.2. The number of anilines is 1. The molecule has 2 aromatic carbocycles. The molecule has 2 heterocycles. The molecule has 4 rings (SSSR count). The number of aromatic amines is 2. The Bertz CT molecular complexity index is 1100. The highest BCUT2D eigenvalue weighted by Gasteiger charge is 2.12. The van der Waals surface area contributed by atoms with Crippen LogP contribution in [0.2, 0.25) is 0 Å². The molecule has 4 aromatic rings. The molecular formula is C23H25N5O4. The Labute approximate surface area is 184 Å². The number of hydrogen-bond donors (Lipinski definition) is 3. The van der Waals surface area contributed by atoms with E-state index in [0.717, 1.165) is 11.1 Å². The second kappa shape index (κ2) is 11.2. The van der Waals surface area contributed by atoms with Gasteiger partial charge in [-0.25, -0.2) is 4.98 Å². The van der Waals surface area contributed by atoms with Crippen LogP contribution in [0.4, 0.5) is 5.95 Å². The number of aromatic nitrogens is 4. The number of nitrogens with one attached hydrogen (secondary N) is 3. The fourth-order valence-electron chi connectivity index (χ4n) is 3.06. The lowest BCUT2D eigenvalue weighted by Gasteiger charge is -2.19. The van der Waals surface area contributed by atoms with Crippen LogP contribution in [0.3, 0.4) is 0 Å². The minimum Gasteiger partial charge on any atom is -0.374 e. The summed E-state index contributed by atoms with van der Waals surface area (Å²) in [6.45, 7) is 1.80. The molecule has 0 saturated heterocycles. The van der Waals surface area contributed by atoms with Gasteiger partial charge in [-0.3, -0.25) is 9.78 Å². The fraction of sp³-hybridized carbons (Fsp3) is 0.261. The van der Waals surface area contributed by atoms with Crippen LogP contribution >= 0.6 is 0 Å². The number of fused-ring (bicyclic) bond motifs is 1. The summed E-state index contributed by atoms with van der Waals surface area (Å²) in [6.07, 6.45) is 1.12. The normalized spacial score (nSPS) is 11.3. The molecule has 2 aromatic heterocycles. The summed E-state index contributed by atoms with van der Waals surface area (Å²) in [6, 6.07) is 19.9. The molecule has 9 heteroatoms. The third-order valence-corrected chi connectivity index (χ3v) is 4.69. The third kappa shape index (κ3) is 6.24. The Kier molecular flexibility index (Phi) is 7.59. The number of rotatable bonds is 12. The van der Waals surface area contributed by atoms with E-state index in [2.05, 4.69) is 25.3 Å². The van der Waals surface area contributed by atoms with Crippen molar-refractivity contribution in [1.82, 2.24) is 19.9 Å². The van der Waals surface area contributed by atoms with Gasteiger partial charge < -0.3 is 24.5 Å². The van der Waals surface area contributed by atoms with Gasteiger partial charge in [0, 0.05) is 0 Å². The zero-order valence-corrected chi connectivity index (χ0v) is 17.5. The number of H-pyrrole nitrogens is 2. The second-order valence-corrected chi connectivity index (χ2v) is 7.13. The van der Waals surface area contributed by atoms with Gasteiger partial charge in [0.15, 0.2) is 11.2 Å². The molecule has 0 aliphatic carbocycles. The first-order valence-corrected chi connectivity index (χ1v) is 10.3. The van der Waals surface area contributed by atoms with Crippen molar-refractivity contribution in [3.05, 3.63) is 88.5 Å². The molecule has 3 N–H and O–H groups in total. The summed E-state index contributed by atoms with van der Waals surface area (Å²) in [5.41, 5.74) is 2.54. The van der Waals surface area contributed by atoms with Crippen molar-refractivity contribution in [3.8, 4) is 0 Å². The van der Waals surface area contributed by atoms with E-state index in [1.54, 1.807) is 0 Å². The van der Waals surface area contributed by atoms with Gasteiger partial charge in [0.05, 0.1) is 32.8 Å². The highest BCUT2D eigenvalue weighted by atomic mass is 16.6. The summed E-state index contributed by atoms with van der Waals surface area (Å²) in [5.74, 6) is 0.281. The Morgan fingerprint density at radius 3 is 2.16 bits per heavy atom. The Morgan fingerprint density at radius 2 is 1.53 bits per heavy atom. The van der Waals surface area contributed by atoms with Gasteiger partial charge in [-0.1, -0.05) is 60.7 Å². The fourth-order valence-corrected chi connectivity index (χ4v) is 3.06. The molecule has 32 heavy (non-hydrogen) atoms. The average Bonchev–Trinajstić information content (AvgIpc) is 3.30. The van der Waals surface area contributed by atoms with Crippen LogP contribution in [0.1, 0.15) is 11.1 Å². The first kappa shape index (κ1) is 21.7. The van der Waals surface area contributed by atoms with Gasteiger partial charge in [-0.2, -0.15) is 4.98 Å². The van der Waals surface area contributed by atoms with Gasteiger partial charge in [0.1, 0.15) is 12.8 Å². The predicted molar refractivity (Wildman–Crippen MR) is 120 cm³/mol. The molecule has 0 atom stereocenters. The molecule has 0 amide bonds. The lowest BCUT2D eigenvalue weighted by Crippen LogP contribution is -2.28. The van der Waals surface area contributed by atoms with Crippen molar-refractivity contribution >= 4 is 17.1 Å². The maximum absolute atomic E-state index is 12.0. The van der Waals surface area contributed by atoms with Crippen LogP contribution < -0.4 is 10.9 Å². The van der Waals surface area contributed by atoms with Crippen molar-refractivity contribution in [1.29, 1.82) is 0 Å². The summed E-state index contributed by atoms with van der Waals surface area (Å²) in [4.78, 5) is 25.7. The number of hydrogen-bond acceptors (Lipinski definition) is 7. The number of nitrogens with zero attached hydrogens (tertiary/aromatic N) is 2. The molecule has 0 saturated carbocycles. The van der Waals surface area contributed by atoms with Crippen LogP contribution in [0, 0.1) is 0 Å². The summed E-state index contributed by atoms with van der Waals surface area (Å²) in [7, 11) is 0. The molecule has 0 aliphatic rings. The third-order valence-electron chi connectivity index (χ3n) is 4.69. The summed E-state index contributed by atoms with van der Waals surface area (Å²) >= 11 is 0. The maximum Gasteiger partial charge on any atom is 0.278 e. The van der Waals surface area contributed by atoms with Crippen LogP contribution in [-0.4, -0.2) is 46.0 Å². The van der Waals surface area contributed by atoms with Crippen LogP contribution in [0.25, 0.3) is 11.2 Å². The minimum atomic E-state index is -0.309. The maximum atomic E-state index is 12.0. The number of benzene rings is 2. The van der Waals surface area contributed by atoms with Crippen molar-refractivity contribution in [2.24, 2.45) is 0 Å². The van der Waals surface area contributed by atoms with Gasteiger partial charge in [-0.15, -0.1) is 0 Å². The first-order chi connectivity index (χ1) is 15.8. The zero-order valence-electron chi connectivity index (χ0n) is 17.5. The highest BCUT2D eigenvalue weighted by Crippen LogP contribution is 2.07. The quantitative estimate of drug-likeness (QED) is 0.293. The van der Waals surface area contributed by atoms with E-state index < -0.39 is 0 Å². The molecule has 9 nitrogen and oxygen atoms in total. The topological polar surface area (TPSA) is 114 Å². The van der Waals surface area contributed by atoms with Crippen LogP contribution in [0.15, 0.2) is 71.8 Å². The molecule has 0 aliphatic heterocycles. The van der Waals surface area contributed by atoms with Crippen LogP contribution in [-0.2, 0) is 27.4 Å². The number of ether oxygens (including phenoxy) is 3. The van der Waals surface area contributed by atoms with E-state index in [0.29, 0.717) is 37.6 Å². The molecule has 0 bridgehead atoms. The van der Waals surface area contributed by atoms with E-state index in [1.807, 2.05) is 60.7 Å².